The number of hydrogen-bond acceptors (Lipinski definition) is 5. The van der Waals surface area contributed by atoms with E-state index in [4.69, 9.17) is 15.1 Å². The minimum Gasteiger partial charge on any atom is -0.460 e. The quantitative estimate of drug-likeness (QED) is 0.237. The van der Waals surface area contributed by atoms with Crippen molar-refractivity contribution in [3.8, 4) is 6.19 Å². The van der Waals surface area contributed by atoms with Crippen LogP contribution < -0.4 is 10.6 Å². The van der Waals surface area contributed by atoms with E-state index in [0.29, 0.717) is 6.54 Å². The molecule has 3 N–H and O–H groups in total. The predicted octanol–water partition coefficient (Wildman–Crippen LogP) is 2.32. The summed E-state index contributed by atoms with van der Waals surface area (Å²) in [4.78, 5) is 2.13. The molecule has 1 aromatic carbocycles. The lowest BCUT2D eigenvalue weighted by Gasteiger charge is -2.08. The van der Waals surface area contributed by atoms with Crippen molar-refractivity contribution in [2.45, 2.75) is 12.3 Å². The Labute approximate surface area is 140 Å². The van der Waals surface area contributed by atoms with Gasteiger partial charge in [0.1, 0.15) is 11.3 Å². The molecule has 0 saturated heterocycles. The minimum atomic E-state index is 0.0326. The predicted molar refractivity (Wildman–Crippen MR) is 94.2 cm³/mol. The molecule has 0 atom stereocenters. The molecular weight excluding hydrogens is 310 g/mol. The third-order valence-corrected chi connectivity index (χ3v) is 4.09. The van der Waals surface area contributed by atoms with Gasteiger partial charge in [0.15, 0.2) is 6.19 Å². The Kier molecular flexibility index (Phi) is 6.32. The molecule has 0 spiro atoms. The normalized spacial score (nSPS) is 10.7. The fourth-order valence-electron chi connectivity index (χ4n) is 2.19. The van der Waals surface area contributed by atoms with Gasteiger partial charge in [0, 0.05) is 24.2 Å². The van der Waals surface area contributed by atoms with Crippen LogP contribution in [-0.2, 0) is 12.3 Å². The summed E-state index contributed by atoms with van der Waals surface area (Å²) in [5, 5.41) is 21.9. The number of fused-ring (bicyclic) bond motifs is 1. The lowest BCUT2D eigenvalue weighted by molar-refractivity contribution is 0.402. The fraction of sp³-hybridized carbons (Fsp3) is 0.375. The number of guanidine groups is 1. The second kappa shape index (κ2) is 8.46. The lowest BCUT2D eigenvalue weighted by atomic mass is 10.1. The van der Waals surface area contributed by atoms with Crippen LogP contribution in [0.3, 0.4) is 0 Å². The van der Waals surface area contributed by atoms with Crippen molar-refractivity contribution in [1.82, 2.24) is 15.5 Å². The molecule has 1 aromatic heterocycles. The van der Waals surface area contributed by atoms with Gasteiger partial charge in [0.05, 0.1) is 5.75 Å². The molecule has 0 radical (unpaired) electrons. The van der Waals surface area contributed by atoms with Crippen LogP contribution in [-0.4, -0.2) is 37.3 Å². The standard InChI is InChI=1S/C16H21N5OS/c1-21(2)9-12-3-4-13-8-14(22-15(13)7-12)10-23-6-5-19-16(18)20-11-17/h3-4,7-8H,5-6,9-10H2,1-2H3,(H3,18,19,20). The van der Waals surface area contributed by atoms with Crippen LogP contribution in [0.15, 0.2) is 28.7 Å². The molecule has 0 fully saturated rings. The van der Waals surface area contributed by atoms with Crippen LogP contribution >= 0.6 is 11.8 Å². The number of furan rings is 1. The number of nitrogens with zero attached hydrogens (tertiary/aromatic N) is 2. The Balaban J connectivity index is 1.82. The molecule has 2 rings (SSSR count). The van der Waals surface area contributed by atoms with Crippen LogP contribution in [0.25, 0.3) is 11.0 Å². The van der Waals surface area contributed by atoms with Gasteiger partial charge in [-0.1, -0.05) is 12.1 Å². The van der Waals surface area contributed by atoms with Gasteiger partial charge in [-0.25, -0.2) is 0 Å². The number of hydrogen-bond donors (Lipinski definition) is 3. The van der Waals surface area contributed by atoms with Crippen molar-refractivity contribution in [1.29, 1.82) is 10.7 Å². The highest BCUT2D eigenvalue weighted by molar-refractivity contribution is 7.98. The van der Waals surface area contributed by atoms with Gasteiger partial charge in [-0.05, 0) is 31.8 Å². The summed E-state index contributed by atoms with van der Waals surface area (Å²) in [6.45, 7) is 1.53. The summed E-state index contributed by atoms with van der Waals surface area (Å²) in [7, 11) is 4.10. The summed E-state index contributed by atoms with van der Waals surface area (Å²) in [6.07, 6.45) is 1.70. The second-order valence-corrected chi connectivity index (χ2v) is 6.52. The van der Waals surface area contributed by atoms with E-state index < -0.39 is 0 Å². The molecule has 2 aromatic rings. The van der Waals surface area contributed by atoms with Crippen molar-refractivity contribution >= 4 is 28.7 Å². The molecule has 6 nitrogen and oxygen atoms in total. The Morgan fingerprint density at radius 3 is 2.96 bits per heavy atom. The van der Waals surface area contributed by atoms with Crippen LogP contribution in [0.1, 0.15) is 11.3 Å². The van der Waals surface area contributed by atoms with Crippen molar-refractivity contribution < 1.29 is 4.42 Å². The first kappa shape index (κ1) is 17.2. The van der Waals surface area contributed by atoms with Crippen molar-refractivity contribution in [3.63, 3.8) is 0 Å². The Morgan fingerprint density at radius 1 is 1.39 bits per heavy atom. The van der Waals surface area contributed by atoms with Gasteiger partial charge in [-0.2, -0.15) is 17.0 Å². The third-order valence-electron chi connectivity index (χ3n) is 3.11. The molecule has 0 aliphatic carbocycles. The number of nitrogens with one attached hydrogen (secondary N) is 3. The lowest BCUT2D eigenvalue weighted by Crippen LogP contribution is -2.34. The summed E-state index contributed by atoms with van der Waals surface area (Å²) in [5.74, 6) is 2.61. The van der Waals surface area contributed by atoms with E-state index in [9.17, 15) is 0 Å². The van der Waals surface area contributed by atoms with Crippen LogP contribution in [0, 0.1) is 16.9 Å². The van der Waals surface area contributed by atoms with Crippen LogP contribution in [0.4, 0.5) is 0 Å². The molecular formula is C16H21N5OS. The van der Waals surface area contributed by atoms with Gasteiger partial charge in [0.2, 0.25) is 5.96 Å². The van der Waals surface area contributed by atoms with E-state index in [0.717, 1.165) is 34.8 Å². The third kappa shape index (κ3) is 5.51. The number of benzene rings is 1. The molecule has 0 unspecified atom stereocenters. The monoisotopic (exact) mass is 331 g/mol. The first-order chi connectivity index (χ1) is 11.1. The van der Waals surface area contributed by atoms with E-state index in [1.807, 2.05) is 14.1 Å². The van der Waals surface area contributed by atoms with Crippen molar-refractivity contribution in [2.24, 2.45) is 0 Å². The summed E-state index contributed by atoms with van der Waals surface area (Å²) in [6, 6.07) is 8.41. The summed E-state index contributed by atoms with van der Waals surface area (Å²) >= 11 is 1.72. The highest BCUT2D eigenvalue weighted by Gasteiger charge is 2.06. The van der Waals surface area contributed by atoms with E-state index in [-0.39, 0.29) is 5.96 Å². The minimum absolute atomic E-state index is 0.0326. The van der Waals surface area contributed by atoms with Gasteiger partial charge in [-0.15, -0.1) is 0 Å². The van der Waals surface area contributed by atoms with E-state index in [2.05, 4.69) is 39.8 Å². The SMILES string of the molecule is CN(C)Cc1ccc2cc(CSCCNC(=N)NC#N)oc2c1. The average Bonchev–Trinajstić information content (AvgIpc) is 2.88. The molecule has 0 bridgehead atoms. The first-order valence-electron chi connectivity index (χ1n) is 7.30. The summed E-state index contributed by atoms with van der Waals surface area (Å²) in [5.41, 5.74) is 2.17. The molecule has 0 aliphatic heterocycles. The summed E-state index contributed by atoms with van der Waals surface area (Å²) < 4.78 is 5.90. The fourth-order valence-corrected chi connectivity index (χ4v) is 2.92. The smallest absolute Gasteiger partial charge is 0.201 e. The molecule has 122 valence electrons. The maximum absolute atomic E-state index is 8.36. The van der Waals surface area contributed by atoms with Gasteiger partial charge >= 0.3 is 0 Å². The zero-order valence-electron chi connectivity index (χ0n) is 13.3. The maximum Gasteiger partial charge on any atom is 0.201 e. The van der Waals surface area contributed by atoms with Gasteiger partial charge < -0.3 is 14.6 Å². The van der Waals surface area contributed by atoms with Crippen LogP contribution in [0.2, 0.25) is 0 Å². The van der Waals surface area contributed by atoms with E-state index in [1.54, 1.807) is 18.0 Å². The first-order valence-corrected chi connectivity index (χ1v) is 8.45. The molecule has 23 heavy (non-hydrogen) atoms. The largest absolute Gasteiger partial charge is 0.460 e. The zero-order chi connectivity index (χ0) is 16.7. The van der Waals surface area contributed by atoms with E-state index >= 15 is 0 Å². The average molecular weight is 331 g/mol. The molecule has 0 amide bonds. The van der Waals surface area contributed by atoms with E-state index in [1.165, 1.54) is 5.56 Å². The highest BCUT2D eigenvalue weighted by atomic mass is 32.2. The van der Waals surface area contributed by atoms with Gasteiger partial charge in [-0.3, -0.25) is 10.7 Å². The molecule has 0 aliphatic rings. The van der Waals surface area contributed by atoms with Crippen LogP contribution in [0.5, 0.6) is 0 Å². The highest BCUT2D eigenvalue weighted by Crippen LogP contribution is 2.24. The number of thioether (sulfide) groups is 1. The molecule has 7 heteroatoms. The Morgan fingerprint density at radius 2 is 2.22 bits per heavy atom. The number of rotatable bonds is 7. The molecule has 0 saturated carbocycles. The maximum atomic E-state index is 8.36. The number of nitriles is 1. The second-order valence-electron chi connectivity index (χ2n) is 5.41. The molecule has 1 heterocycles. The Bertz CT molecular complexity index is 704. The Hall–Kier alpha value is -2.17. The zero-order valence-corrected chi connectivity index (χ0v) is 14.2. The van der Waals surface area contributed by atoms with Gasteiger partial charge in [0.25, 0.3) is 0 Å². The van der Waals surface area contributed by atoms with Crippen molar-refractivity contribution in [3.05, 3.63) is 35.6 Å². The topological polar surface area (TPSA) is 88.1 Å². The van der Waals surface area contributed by atoms with Crippen molar-refractivity contribution in [2.75, 3.05) is 26.4 Å².